The number of hydrogen-bond donors (Lipinski definition) is 2. The van der Waals surface area contributed by atoms with Crippen LogP contribution in [0.15, 0.2) is 0 Å². The molecule has 112 valence electrons. The normalized spacial score (nSPS) is 26.1. The summed E-state index contributed by atoms with van der Waals surface area (Å²) in [5.41, 5.74) is 0. The Morgan fingerprint density at radius 3 is 2.75 bits per heavy atom. The molecule has 2 N–H and O–H groups in total. The van der Waals surface area contributed by atoms with Gasteiger partial charge in [-0.25, -0.2) is 9.59 Å². The molecule has 2 fully saturated rings. The predicted molar refractivity (Wildman–Crippen MR) is 74.6 cm³/mol. The van der Waals surface area contributed by atoms with Crippen molar-refractivity contribution in [2.75, 3.05) is 31.9 Å². The molecule has 2 heterocycles. The molecule has 1 atom stereocenters. The smallest absolute Gasteiger partial charge is 0.328 e. The summed E-state index contributed by atoms with van der Waals surface area (Å²) < 4.78 is -0.0509. The fourth-order valence-corrected chi connectivity index (χ4v) is 3.54. The first-order valence-corrected chi connectivity index (χ1v) is 7.48. The Morgan fingerprint density at radius 2 is 2.15 bits per heavy atom. The summed E-state index contributed by atoms with van der Waals surface area (Å²) >= 11 is 1.79. The van der Waals surface area contributed by atoms with E-state index in [1.165, 1.54) is 0 Å². The molecule has 0 spiro atoms. The number of carbonyl (C=O) groups is 3. The van der Waals surface area contributed by atoms with Gasteiger partial charge in [0.25, 0.3) is 0 Å². The molecule has 0 aromatic rings. The molecule has 3 amide bonds. The lowest BCUT2D eigenvalue weighted by atomic mass is 10.1. The topological polar surface area (TPSA) is 90.0 Å². The average molecular weight is 301 g/mol. The first-order valence-electron chi connectivity index (χ1n) is 6.49. The van der Waals surface area contributed by atoms with Crippen LogP contribution in [-0.2, 0) is 9.59 Å². The first kappa shape index (κ1) is 15.0. The van der Waals surface area contributed by atoms with Crippen molar-refractivity contribution < 1.29 is 19.5 Å². The van der Waals surface area contributed by atoms with Crippen molar-refractivity contribution in [1.29, 1.82) is 0 Å². The molecule has 0 radical (unpaired) electrons. The summed E-state index contributed by atoms with van der Waals surface area (Å²) in [6, 6.07) is -1.35. The summed E-state index contributed by atoms with van der Waals surface area (Å²) in [6.07, 6.45) is 0. The zero-order valence-corrected chi connectivity index (χ0v) is 12.4. The van der Waals surface area contributed by atoms with Gasteiger partial charge >= 0.3 is 12.0 Å². The molecule has 0 bridgehead atoms. The van der Waals surface area contributed by atoms with E-state index >= 15 is 0 Å². The number of hydrogen-bond acceptors (Lipinski definition) is 4. The van der Waals surface area contributed by atoms with Gasteiger partial charge in [-0.2, -0.15) is 11.8 Å². The van der Waals surface area contributed by atoms with Crippen molar-refractivity contribution >= 4 is 29.7 Å². The van der Waals surface area contributed by atoms with Crippen LogP contribution >= 0.6 is 11.8 Å². The molecule has 2 aliphatic rings. The Morgan fingerprint density at radius 1 is 1.45 bits per heavy atom. The molecule has 0 saturated carbocycles. The van der Waals surface area contributed by atoms with Crippen LogP contribution in [0.25, 0.3) is 0 Å². The second-order valence-corrected chi connectivity index (χ2v) is 7.40. The lowest BCUT2D eigenvalue weighted by Gasteiger charge is -2.42. The molecule has 1 unspecified atom stereocenters. The highest BCUT2D eigenvalue weighted by Crippen LogP contribution is 2.30. The van der Waals surface area contributed by atoms with E-state index in [1.54, 1.807) is 16.7 Å². The Balaban J connectivity index is 2.12. The number of amides is 3. The molecule has 7 nitrogen and oxygen atoms in total. The fourth-order valence-electron chi connectivity index (χ4n) is 2.42. The molecule has 0 aromatic carbocycles. The minimum atomic E-state index is -1.09. The summed E-state index contributed by atoms with van der Waals surface area (Å²) in [4.78, 5) is 38.0. The maximum Gasteiger partial charge on any atom is 0.328 e. The van der Waals surface area contributed by atoms with Crippen LogP contribution in [0.1, 0.15) is 13.8 Å². The van der Waals surface area contributed by atoms with Gasteiger partial charge in [-0.1, -0.05) is 0 Å². The summed E-state index contributed by atoms with van der Waals surface area (Å²) in [6.45, 7) is 5.01. The van der Waals surface area contributed by atoms with E-state index in [0.29, 0.717) is 13.1 Å². The number of carboxylic acids is 1. The molecular formula is C12H19N3O4S. The predicted octanol–water partition coefficient (Wildman–Crippen LogP) is -0.181. The molecule has 0 aliphatic carbocycles. The van der Waals surface area contributed by atoms with Gasteiger partial charge in [-0.15, -0.1) is 0 Å². The highest BCUT2D eigenvalue weighted by molar-refractivity contribution is 8.00. The average Bonchev–Trinajstić information content (AvgIpc) is 2.36. The summed E-state index contributed by atoms with van der Waals surface area (Å²) in [5, 5.41) is 11.7. The minimum Gasteiger partial charge on any atom is -0.480 e. The van der Waals surface area contributed by atoms with Gasteiger partial charge in [0, 0.05) is 30.1 Å². The number of aliphatic carboxylic acids is 1. The van der Waals surface area contributed by atoms with Gasteiger partial charge in [-0.3, -0.25) is 9.69 Å². The number of carboxylic acid groups (broad SMARTS) is 1. The van der Waals surface area contributed by atoms with E-state index in [0.717, 1.165) is 10.7 Å². The van der Waals surface area contributed by atoms with E-state index in [9.17, 15) is 19.5 Å². The molecule has 2 saturated heterocycles. The van der Waals surface area contributed by atoms with Gasteiger partial charge in [0.05, 0.1) is 0 Å². The number of thioether (sulfide) groups is 1. The van der Waals surface area contributed by atoms with Gasteiger partial charge in [0.2, 0.25) is 5.91 Å². The van der Waals surface area contributed by atoms with Gasteiger partial charge in [0.15, 0.2) is 0 Å². The molecular weight excluding hydrogens is 282 g/mol. The zero-order chi connectivity index (χ0) is 14.9. The van der Waals surface area contributed by atoms with Crippen molar-refractivity contribution in [3.63, 3.8) is 0 Å². The third-order valence-corrected chi connectivity index (χ3v) is 4.71. The van der Waals surface area contributed by atoms with Crippen LogP contribution in [0.5, 0.6) is 0 Å². The molecule has 8 heteroatoms. The van der Waals surface area contributed by atoms with Crippen LogP contribution in [0.4, 0.5) is 4.79 Å². The quantitative estimate of drug-likeness (QED) is 0.701. The van der Waals surface area contributed by atoms with Crippen molar-refractivity contribution in [1.82, 2.24) is 15.1 Å². The second-order valence-electron chi connectivity index (χ2n) is 5.60. The van der Waals surface area contributed by atoms with Crippen LogP contribution in [0.2, 0.25) is 0 Å². The van der Waals surface area contributed by atoms with E-state index < -0.39 is 12.0 Å². The van der Waals surface area contributed by atoms with Gasteiger partial charge in [0.1, 0.15) is 12.6 Å². The standard InChI is InChI=1S/C12H19N3O4S/c1-12(2)7-14(3-4-20-12)11(19)15-6-9(16)13-5-8(15)10(17)18/h8H,3-7H2,1-2H3,(H,13,16)(H,17,18). The number of nitrogens with one attached hydrogen (secondary N) is 1. The fraction of sp³-hybridized carbons (Fsp3) is 0.750. The van der Waals surface area contributed by atoms with Crippen LogP contribution in [-0.4, -0.2) is 75.5 Å². The SMILES string of the molecule is CC1(C)CN(C(=O)N2CC(=O)NCC2C(=O)O)CCS1. The zero-order valence-electron chi connectivity index (χ0n) is 11.6. The van der Waals surface area contributed by atoms with Crippen molar-refractivity contribution in [2.45, 2.75) is 24.6 Å². The lowest BCUT2D eigenvalue weighted by Crippen LogP contribution is -2.63. The third-order valence-electron chi connectivity index (χ3n) is 3.41. The maximum atomic E-state index is 12.5. The number of piperazine rings is 1. The molecule has 20 heavy (non-hydrogen) atoms. The maximum absolute atomic E-state index is 12.5. The van der Waals surface area contributed by atoms with Crippen LogP contribution in [0.3, 0.4) is 0 Å². The highest BCUT2D eigenvalue weighted by atomic mass is 32.2. The van der Waals surface area contributed by atoms with Crippen molar-refractivity contribution in [3.05, 3.63) is 0 Å². The number of urea groups is 1. The number of rotatable bonds is 1. The van der Waals surface area contributed by atoms with E-state index in [1.807, 2.05) is 0 Å². The Labute approximate surface area is 121 Å². The lowest BCUT2D eigenvalue weighted by molar-refractivity contribution is -0.144. The number of nitrogens with zero attached hydrogens (tertiary/aromatic N) is 2. The monoisotopic (exact) mass is 301 g/mol. The Hall–Kier alpha value is -1.44. The molecule has 2 aliphatic heterocycles. The minimum absolute atomic E-state index is 0.0358. The van der Waals surface area contributed by atoms with Gasteiger partial charge < -0.3 is 15.3 Å². The van der Waals surface area contributed by atoms with Crippen LogP contribution < -0.4 is 5.32 Å². The first-order chi connectivity index (χ1) is 9.30. The van der Waals surface area contributed by atoms with E-state index in [4.69, 9.17) is 0 Å². The Kier molecular flexibility index (Phi) is 4.12. The number of carbonyl (C=O) groups excluding carboxylic acids is 2. The second kappa shape index (κ2) is 5.51. The molecule has 2 rings (SSSR count). The van der Waals surface area contributed by atoms with Crippen molar-refractivity contribution in [2.24, 2.45) is 0 Å². The Bertz CT molecular complexity index is 440. The largest absolute Gasteiger partial charge is 0.480 e. The molecule has 0 aromatic heterocycles. The highest BCUT2D eigenvalue weighted by Gasteiger charge is 2.39. The third kappa shape index (κ3) is 3.17. The van der Waals surface area contributed by atoms with Gasteiger partial charge in [-0.05, 0) is 13.8 Å². The summed E-state index contributed by atoms with van der Waals surface area (Å²) in [7, 11) is 0. The van der Waals surface area contributed by atoms with Crippen molar-refractivity contribution in [3.8, 4) is 0 Å². The van der Waals surface area contributed by atoms with E-state index in [2.05, 4.69) is 19.2 Å². The van der Waals surface area contributed by atoms with Crippen LogP contribution in [0, 0.1) is 0 Å². The van der Waals surface area contributed by atoms with E-state index in [-0.39, 0.29) is 29.8 Å². The summed E-state index contributed by atoms with van der Waals surface area (Å²) in [5.74, 6) is -0.596.